The van der Waals surface area contributed by atoms with Gasteiger partial charge in [0.2, 0.25) is 0 Å². The molecule has 18 heavy (non-hydrogen) atoms. The molecule has 0 fully saturated rings. The highest BCUT2D eigenvalue weighted by Gasteiger charge is 2.12. The molecular formula is C13H18N4O. The highest BCUT2D eigenvalue weighted by molar-refractivity contribution is 6.04. The standard InChI is InChI=1S/C13H18N4O/c1-3-17(2)9-8-14-13(18)12-10-6-4-5-7-11(10)15-16-12/h4-7H,3,8-9H2,1-2H3,(H,14,18)(H,15,16). The Labute approximate surface area is 106 Å². The van der Waals surface area contributed by atoms with Gasteiger partial charge in [0.05, 0.1) is 5.52 Å². The van der Waals surface area contributed by atoms with Crippen LogP contribution in [0.4, 0.5) is 0 Å². The van der Waals surface area contributed by atoms with Gasteiger partial charge < -0.3 is 10.2 Å². The third-order valence-corrected chi connectivity index (χ3v) is 3.00. The van der Waals surface area contributed by atoms with E-state index in [0.717, 1.165) is 24.0 Å². The lowest BCUT2D eigenvalue weighted by atomic mass is 10.2. The number of rotatable bonds is 5. The first-order valence-corrected chi connectivity index (χ1v) is 6.12. The molecule has 5 heteroatoms. The molecule has 2 N–H and O–H groups in total. The number of para-hydroxylation sites is 1. The molecule has 0 aliphatic rings. The molecule has 2 rings (SSSR count). The van der Waals surface area contributed by atoms with E-state index in [-0.39, 0.29) is 5.91 Å². The van der Waals surface area contributed by atoms with Crippen molar-refractivity contribution < 1.29 is 4.79 Å². The van der Waals surface area contributed by atoms with Crippen molar-refractivity contribution in [2.75, 3.05) is 26.7 Å². The van der Waals surface area contributed by atoms with Gasteiger partial charge in [0, 0.05) is 18.5 Å². The number of aromatic amines is 1. The number of hydrogen-bond donors (Lipinski definition) is 2. The molecule has 2 aromatic rings. The monoisotopic (exact) mass is 246 g/mol. The van der Waals surface area contributed by atoms with Crippen molar-refractivity contribution in [2.24, 2.45) is 0 Å². The molecule has 1 amide bonds. The summed E-state index contributed by atoms with van der Waals surface area (Å²) in [7, 11) is 2.02. The lowest BCUT2D eigenvalue weighted by Gasteiger charge is -2.13. The summed E-state index contributed by atoms with van der Waals surface area (Å²) in [6.07, 6.45) is 0. The van der Waals surface area contributed by atoms with E-state index in [0.29, 0.717) is 12.2 Å². The van der Waals surface area contributed by atoms with Crippen LogP contribution >= 0.6 is 0 Å². The number of fused-ring (bicyclic) bond motifs is 1. The zero-order chi connectivity index (χ0) is 13.0. The first kappa shape index (κ1) is 12.6. The fraction of sp³-hybridized carbons (Fsp3) is 0.385. The maximum absolute atomic E-state index is 12.0. The molecule has 0 aliphatic heterocycles. The van der Waals surface area contributed by atoms with Crippen LogP contribution in [-0.4, -0.2) is 47.7 Å². The average molecular weight is 246 g/mol. The van der Waals surface area contributed by atoms with E-state index in [1.54, 1.807) is 0 Å². The highest BCUT2D eigenvalue weighted by atomic mass is 16.1. The minimum Gasteiger partial charge on any atom is -0.349 e. The van der Waals surface area contributed by atoms with E-state index in [1.165, 1.54) is 0 Å². The number of carbonyl (C=O) groups excluding carboxylic acids is 1. The number of carbonyl (C=O) groups is 1. The summed E-state index contributed by atoms with van der Waals surface area (Å²) in [5, 5.41) is 10.7. The van der Waals surface area contributed by atoms with Crippen LogP contribution in [0, 0.1) is 0 Å². The zero-order valence-electron chi connectivity index (χ0n) is 10.7. The smallest absolute Gasteiger partial charge is 0.272 e. The Hall–Kier alpha value is -1.88. The quantitative estimate of drug-likeness (QED) is 0.834. The van der Waals surface area contributed by atoms with Crippen molar-refractivity contribution in [3.63, 3.8) is 0 Å². The van der Waals surface area contributed by atoms with Crippen LogP contribution in [0.25, 0.3) is 10.9 Å². The topological polar surface area (TPSA) is 61.0 Å². The Balaban J connectivity index is 2.01. The Kier molecular flexibility index (Phi) is 3.94. The van der Waals surface area contributed by atoms with Crippen LogP contribution in [0.5, 0.6) is 0 Å². The van der Waals surface area contributed by atoms with Crippen molar-refractivity contribution in [1.82, 2.24) is 20.4 Å². The third-order valence-electron chi connectivity index (χ3n) is 3.00. The van der Waals surface area contributed by atoms with Gasteiger partial charge in [0.15, 0.2) is 5.69 Å². The number of aromatic nitrogens is 2. The SMILES string of the molecule is CCN(C)CCNC(=O)c1n[nH]c2ccccc12. The predicted molar refractivity (Wildman–Crippen MR) is 71.6 cm³/mol. The van der Waals surface area contributed by atoms with E-state index < -0.39 is 0 Å². The maximum Gasteiger partial charge on any atom is 0.272 e. The van der Waals surface area contributed by atoms with Gasteiger partial charge in [-0.2, -0.15) is 5.10 Å². The Bertz CT molecular complexity index is 535. The summed E-state index contributed by atoms with van der Waals surface area (Å²) < 4.78 is 0. The summed E-state index contributed by atoms with van der Waals surface area (Å²) in [5.74, 6) is -0.128. The van der Waals surface area contributed by atoms with E-state index in [4.69, 9.17) is 0 Å². The van der Waals surface area contributed by atoms with E-state index in [2.05, 4.69) is 27.3 Å². The van der Waals surface area contributed by atoms with Gasteiger partial charge in [-0.05, 0) is 19.7 Å². The lowest BCUT2D eigenvalue weighted by Crippen LogP contribution is -2.33. The number of benzene rings is 1. The van der Waals surface area contributed by atoms with Crippen molar-refractivity contribution in [3.8, 4) is 0 Å². The Morgan fingerprint density at radius 3 is 3.00 bits per heavy atom. The zero-order valence-corrected chi connectivity index (χ0v) is 10.7. The number of nitrogens with zero attached hydrogens (tertiary/aromatic N) is 2. The van der Waals surface area contributed by atoms with Crippen molar-refractivity contribution in [2.45, 2.75) is 6.92 Å². The largest absolute Gasteiger partial charge is 0.349 e. The summed E-state index contributed by atoms with van der Waals surface area (Å²) in [4.78, 5) is 14.1. The predicted octanol–water partition coefficient (Wildman–Crippen LogP) is 1.24. The van der Waals surface area contributed by atoms with Gasteiger partial charge in [-0.1, -0.05) is 25.1 Å². The number of likely N-dealkylation sites (N-methyl/N-ethyl adjacent to an activating group) is 1. The average Bonchev–Trinajstić information content (AvgIpc) is 2.82. The summed E-state index contributed by atoms with van der Waals surface area (Å²) in [6.45, 7) is 4.53. The van der Waals surface area contributed by atoms with Crippen LogP contribution in [0.3, 0.4) is 0 Å². The molecular weight excluding hydrogens is 228 g/mol. The molecule has 1 aromatic carbocycles. The first-order valence-electron chi connectivity index (χ1n) is 6.12. The molecule has 0 saturated heterocycles. The number of nitrogens with one attached hydrogen (secondary N) is 2. The fourth-order valence-corrected chi connectivity index (χ4v) is 1.74. The minimum atomic E-state index is -0.128. The molecule has 5 nitrogen and oxygen atoms in total. The number of hydrogen-bond acceptors (Lipinski definition) is 3. The van der Waals surface area contributed by atoms with Crippen LogP contribution < -0.4 is 5.32 Å². The first-order chi connectivity index (χ1) is 8.72. The van der Waals surface area contributed by atoms with Crippen LogP contribution in [0.2, 0.25) is 0 Å². The molecule has 1 aromatic heterocycles. The molecule has 0 spiro atoms. The minimum absolute atomic E-state index is 0.128. The van der Waals surface area contributed by atoms with Gasteiger partial charge in [0.25, 0.3) is 5.91 Å². The second-order valence-corrected chi connectivity index (χ2v) is 4.27. The third kappa shape index (κ3) is 2.68. The van der Waals surface area contributed by atoms with E-state index in [9.17, 15) is 4.79 Å². The summed E-state index contributed by atoms with van der Waals surface area (Å²) in [5.41, 5.74) is 1.35. The van der Waals surface area contributed by atoms with Crippen LogP contribution in [-0.2, 0) is 0 Å². The van der Waals surface area contributed by atoms with Crippen LogP contribution in [0.1, 0.15) is 17.4 Å². The Morgan fingerprint density at radius 2 is 2.22 bits per heavy atom. The Morgan fingerprint density at radius 1 is 1.44 bits per heavy atom. The van der Waals surface area contributed by atoms with Gasteiger partial charge in [-0.3, -0.25) is 9.89 Å². The molecule has 0 radical (unpaired) electrons. The van der Waals surface area contributed by atoms with Gasteiger partial charge >= 0.3 is 0 Å². The number of amides is 1. The van der Waals surface area contributed by atoms with Crippen molar-refractivity contribution >= 4 is 16.8 Å². The highest BCUT2D eigenvalue weighted by Crippen LogP contribution is 2.14. The van der Waals surface area contributed by atoms with Gasteiger partial charge in [-0.15, -0.1) is 0 Å². The molecule has 96 valence electrons. The normalized spacial score (nSPS) is 11.1. The van der Waals surface area contributed by atoms with E-state index in [1.807, 2.05) is 31.3 Å². The number of H-pyrrole nitrogens is 1. The molecule has 0 atom stereocenters. The van der Waals surface area contributed by atoms with E-state index >= 15 is 0 Å². The van der Waals surface area contributed by atoms with Crippen LogP contribution in [0.15, 0.2) is 24.3 Å². The fourth-order valence-electron chi connectivity index (χ4n) is 1.74. The maximum atomic E-state index is 12.0. The van der Waals surface area contributed by atoms with Crippen molar-refractivity contribution in [1.29, 1.82) is 0 Å². The lowest BCUT2D eigenvalue weighted by molar-refractivity contribution is 0.0946. The second-order valence-electron chi connectivity index (χ2n) is 4.27. The molecule has 0 bridgehead atoms. The van der Waals surface area contributed by atoms with Gasteiger partial charge in [-0.25, -0.2) is 0 Å². The molecule has 0 saturated carbocycles. The molecule has 0 aliphatic carbocycles. The second kappa shape index (κ2) is 5.64. The summed E-state index contributed by atoms with van der Waals surface area (Å²) >= 11 is 0. The summed E-state index contributed by atoms with van der Waals surface area (Å²) in [6, 6.07) is 7.62. The molecule has 1 heterocycles. The molecule has 0 unspecified atom stereocenters. The van der Waals surface area contributed by atoms with Gasteiger partial charge in [0.1, 0.15) is 0 Å². The van der Waals surface area contributed by atoms with Crippen molar-refractivity contribution in [3.05, 3.63) is 30.0 Å².